The van der Waals surface area contributed by atoms with Gasteiger partial charge < -0.3 is 19.9 Å². The SMILES string of the molecule is O=C(c1cc2ccc(F)cc2[nH]1)N1CC[C@@H](c2ccc3c(NC4CCOCC4)n[nH]c3n2)C1. The minimum absolute atomic E-state index is 0.0697. The fraction of sp³-hybridized carbons (Fsp3) is 0.375. The molecule has 33 heavy (non-hydrogen) atoms. The maximum absolute atomic E-state index is 13.5. The molecule has 9 heteroatoms. The Morgan fingerprint density at radius 2 is 2.03 bits per heavy atom. The molecule has 2 aliphatic heterocycles. The molecule has 5 heterocycles. The van der Waals surface area contributed by atoms with Crippen LogP contribution in [0.25, 0.3) is 21.9 Å². The van der Waals surface area contributed by atoms with Crippen LogP contribution in [0.3, 0.4) is 0 Å². The highest BCUT2D eigenvalue weighted by Gasteiger charge is 2.30. The van der Waals surface area contributed by atoms with Crippen LogP contribution >= 0.6 is 0 Å². The van der Waals surface area contributed by atoms with E-state index in [0.717, 1.165) is 60.4 Å². The molecule has 6 rings (SSSR count). The van der Waals surface area contributed by atoms with E-state index in [1.54, 1.807) is 12.1 Å². The molecular formula is C24H25FN6O2. The quantitative estimate of drug-likeness (QED) is 0.441. The van der Waals surface area contributed by atoms with Gasteiger partial charge >= 0.3 is 0 Å². The smallest absolute Gasteiger partial charge is 0.270 e. The summed E-state index contributed by atoms with van der Waals surface area (Å²) in [4.78, 5) is 22.7. The summed E-state index contributed by atoms with van der Waals surface area (Å²) >= 11 is 0. The Hall–Kier alpha value is -3.46. The Kier molecular flexibility index (Phi) is 4.98. The van der Waals surface area contributed by atoms with Crippen molar-refractivity contribution >= 4 is 33.7 Å². The highest BCUT2D eigenvalue weighted by molar-refractivity contribution is 5.98. The van der Waals surface area contributed by atoms with E-state index in [-0.39, 0.29) is 17.6 Å². The highest BCUT2D eigenvalue weighted by atomic mass is 19.1. The number of halogens is 1. The Morgan fingerprint density at radius 1 is 1.15 bits per heavy atom. The maximum atomic E-state index is 13.5. The number of aromatic nitrogens is 4. The van der Waals surface area contributed by atoms with E-state index in [1.807, 2.05) is 11.0 Å². The summed E-state index contributed by atoms with van der Waals surface area (Å²) in [5.74, 6) is 0.598. The molecule has 2 fully saturated rings. The van der Waals surface area contributed by atoms with Crippen molar-refractivity contribution in [2.24, 2.45) is 0 Å². The molecule has 0 aliphatic carbocycles. The summed E-state index contributed by atoms with van der Waals surface area (Å²) < 4.78 is 18.9. The first-order chi connectivity index (χ1) is 16.1. The predicted molar refractivity (Wildman–Crippen MR) is 123 cm³/mol. The molecule has 2 aliphatic rings. The normalized spacial score (nSPS) is 19.5. The van der Waals surface area contributed by atoms with E-state index in [2.05, 4.69) is 26.6 Å². The number of aromatic amines is 2. The summed E-state index contributed by atoms with van der Waals surface area (Å²) in [7, 11) is 0. The van der Waals surface area contributed by atoms with Gasteiger partial charge in [-0.3, -0.25) is 9.89 Å². The Bertz CT molecular complexity index is 1330. The molecule has 170 valence electrons. The van der Waals surface area contributed by atoms with E-state index in [4.69, 9.17) is 9.72 Å². The highest BCUT2D eigenvalue weighted by Crippen LogP contribution is 2.30. The summed E-state index contributed by atoms with van der Waals surface area (Å²) in [6.45, 7) is 2.80. The molecule has 0 spiro atoms. The van der Waals surface area contributed by atoms with Gasteiger partial charge in [0, 0.05) is 54.9 Å². The second-order valence-electron chi connectivity index (χ2n) is 8.89. The Balaban J connectivity index is 1.16. The molecule has 0 radical (unpaired) electrons. The third kappa shape index (κ3) is 3.82. The number of ether oxygens (including phenoxy) is 1. The number of carbonyl (C=O) groups is 1. The van der Waals surface area contributed by atoms with Crippen LogP contribution in [-0.4, -0.2) is 63.3 Å². The number of benzene rings is 1. The predicted octanol–water partition coefficient (Wildman–Crippen LogP) is 3.80. The van der Waals surface area contributed by atoms with Gasteiger partial charge in [-0.2, -0.15) is 5.10 Å². The van der Waals surface area contributed by atoms with Crippen molar-refractivity contribution in [2.75, 3.05) is 31.6 Å². The van der Waals surface area contributed by atoms with Gasteiger partial charge in [-0.05, 0) is 55.7 Å². The van der Waals surface area contributed by atoms with E-state index >= 15 is 0 Å². The second-order valence-corrected chi connectivity index (χ2v) is 8.89. The van der Waals surface area contributed by atoms with Crippen molar-refractivity contribution in [1.29, 1.82) is 0 Å². The van der Waals surface area contributed by atoms with Crippen LogP contribution in [0, 0.1) is 5.82 Å². The topological polar surface area (TPSA) is 98.9 Å². The fourth-order valence-electron chi connectivity index (χ4n) is 4.86. The zero-order chi connectivity index (χ0) is 22.4. The number of carbonyl (C=O) groups excluding carboxylic acids is 1. The molecule has 1 atom stereocenters. The lowest BCUT2D eigenvalue weighted by Crippen LogP contribution is -2.28. The van der Waals surface area contributed by atoms with Crippen LogP contribution in [0.15, 0.2) is 36.4 Å². The van der Waals surface area contributed by atoms with Gasteiger partial charge in [-0.25, -0.2) is 9.37 Å². The number of nitrogens with zero attached hydrogens (tertiary/aromatic N) is 3. The van der Waals surface area contributed by atoms with Crippen molar-refractivity contribution in [3.8, 4) is 0 Å². The molecule has 3 aromatic heterocycles. The van der Waals surface area contributed by atoms with Crippen LogP contribution < -0.4 is 5.32 Å². The van der Waals surface area contributed by atoms with Crippen molar-refractivity contribution in [3.05, 3.63) is 53.6 Å². The largest absolute Gasteiger partial charge is 0.381 e. The number of H-pyrrole nitrogens is 2. The minimum atomic E-state index is -0.323. The first-order valence-corrected chi connectivity index (χ1v) is 11.4. The summed E-state index contributed by atoms with van der Waals surface area (Å²) in [5, 5.41) is 12.8. The summed E-state index contributed by atoms with van der Waals surface area (Å²) in [6, 6.07) is 10.7. The number of hydrogen-bond donors (Lipinski definition) is 3. The van der Waals surface area contributed by atoms with Gasteiger partial charge in [0.25, 0.3) is 5.91 Å². The molecule has 4 aromatic rings. The molecule has 1 amide bonds. The average molecular weight is 449 g/mol. The molecule has 3 N–H and O–H groups in total. The van der Waals surface area contributed by atoms with E-state index in [9.17, 15) is 9.18 Å². The first-order valence-electron chi connectivity index (χ1n) is 11.4. The van der Waals surface area contributed by atoms with Crippen molar-refractivity contribution in [2.45, 2.75) is 31.2 Å². The lowest BCUT2D eigenvalue weighted by molar-refractivity contribution is 0.0786. The number of nitrogens with one attached hydrogen (secondary N) is 3. The van der Waals surface area contributed by atoms with Crippen molar-refractivity contribution in [3.63, 3.8) is 0 Å². The van der Waals surface area contributed by atoms with Gasteiger partial charge in [0.1, 0.15) is 11.5 Å². The molecule has 0 saturated carbocycles. The maximum Gasteiger partial charge on any atom is 0.270 e. The Labute approximate surface area is 189 Å². The standard InChI is InChI=1S/C24H25FN6O2/c25-16-2-1-14-11-21(27-20(14)12-16)24(32)31-8-5-15(13-31)19-4-3-18-22(29-30-23(18)28-19)26-17-6-9-33-10-7-17/h1-4,11-12,15,17,27H,5-10,13H2,(H2,26,28,29,30)/t15-/m1/s1. The molecule has 1 aromatic carbocycles. The van der Waals surface area contributed by atoms with Crippen molar-refractivity contribution in [1.82, 2.24) is 25.1 Å². The fourth-order valence-corrected chi connectivity index (χ4v) is 4.86. The number of amides is 1. The lowest BCUT2D eigenvalue weighted by atomic mass is 10.0. The van der Waals surface area contributed by atoms with Gasteiger partial charge in [0.2, 0.25) is 0 Å². The first kappa shape index (κ1) is 20.2. The third-order valence-corrected chi connectivity index (χ3v) is 6.72. The van der Waals surface area contributed by atoms with Gasteiger partial charge in [0.15, 0.2) is 11.5 Å². The zero-order valence-corrected chi connectivity index (χ0v) is 18.1. The van der Waals surface area contributed by atoms with Crippen LogP contribution in [0.2, 0.25) is 0 Å². The molecule has 2 saturated heterocycles. The van der Waals surface area contributed by atoms with E-state index < -0.39 is 0 Å². The van der Waals surface area contributed by atoms with E-state index in [1.165, 1.54) is 12.1 Å². The number of hydrogen-bond acceptors (Lipinski definition) is 5. The van der Waals surface area contributed by atoms with Gasteiger partial charge in [-0.1, -0.05) is 0 Å². The number of fused-ring (bicyclic) bond motifs is 2. The lowest BCUT2D eigenvalue weighted by Gasteiger charge is -2.23. The molecule has 8 nitrogen and oxygen atoms in total. The van der Waals surface area contributed by atoms with Crippen LogP contribution in [-0.2, 0) is 4.74 Å². The monoisotopic (exact) mass is 448 g/mol. The van der Waals surface area contributed by atoms with Gasteiger partial charge in [0.05, 0.1) is 5.39 Å². The Morgan fingerprint density at radius 3 is 2.91 bits per heavy atom. The van der Waals surface area contributed by atoms with Crippen molar-refractivity contribution < 1.29 is 13.9 Å². The third-order valence-electron chi connectivity index (χ3n) is 6.72. The summed E-state index contributed by atoms with van der Waals surface area (Å²) in [5.41, 5.74) is 2.82. The number of rotatable bonds is 4. The number of pyridine rings is 1. The molecule has 0 bridgehead atoms. The number of likely N-dealkylation sites (tertiary alicyclic amines) is 1. The number of anilines is 1. The van der Waals surface area contributed by atoms with E-state index in [0.29, 0.717) is 30.3 Å². The summed E-state index contributed by atoms with van der Waals surface area (Å²) in [6.07, 6.45) is 2.79. The minimum Gasteiger partial charge on any atom is -0.381 e. The average Bonchev–Trinajstić information content (AvgIpc) is 3.57. The zero-order valence-electron chi connectivity index (χ0n) is 18.1. The molecular weight excluding hydrogens is 423 g/mol. The molecule has 0 unspecified atom stereocenters. The second kappa shape index (κ2) is 8.15. The van der Waals surface area contributed by atoms with Crippen LogP contribution in [0.4, 0.5) is 10.2 Å². The van der Waals surface area contributed by atoms with Gasteiger partial charge in [-0.15, -0.1) is 0 Å². The van der Waals surface area contributed by atoms with Crippen LogP contribution in [0.5, 0.6) is 0 Å². The van der Waals surface area contributed by atoms with Crippen LogP contribution in [0.1, 0.15) is 41.4 Å².